The van der Waals surface area contributed by atoms with E-state index in [-0.39, 0.29) is 11.8 Å². The molecule has 0 fully saturated rings. The number of nitrogens with two attached hydrogens (primary N) is 1. The molecule has 3 N–H and O–H groups in total. The largest absolute Gasteiger partial charge is 0.343 e. The van der Waals surface area contributed by atoms with Crippen LogP contribution in [0.1, 0.15) is 32.4 Å². The van der Waals surface area contributed by atoms with Crippen molar-refractivity contribution in [2.45, 2.75) is 32.9 Å². The van der Waals surface area contributed by atoms with Gasteiger partial charge in [-0.1, -0.05) is 30.3 Å². The second kappa shape index (κ2) is 7.65. The highest BCUT2D eigenvalue weighted by Gasteiger charge is 2.23. The van der Waals surface area contributed by atoms with E-state index in [2.05, 4.69) is 5.32 Å². The summed E-state index contributed by atoms with van der Waals surface area (Å²) in [7, 11) is 0. The summed E-state index contributed by atoms with van der Waals surface area (Å²) in [5.41, 5.74) is 6.62. The maximum atomic E-state index is 12.1. The molecule has 110 valence electrons. The fourth-order valence-corrected chi connectivity index (χ4v) is 1.99. The zero-order valence-corrected chi connectivity index (χ0v) is 12.3. The van der Waals surface area contributed by atoms with E-state index in [1.807, 2.05) is 32.0 Å². The molecule has 0 aromatic heterocycles. The van der Waals surface area contributed by atoms with Gasteiger partial charge in [0, 0.05) is 13.1 Å². The van der Waals surface area contributed by atoms with Gasteiger partial charge >= 0.3 is 0 Å². The molecular formula is C15H23N3O2. The fraction of sp³-hybridized carbons (Fsp3) is 0.467. The van der Waals surface area contributed by atoms with Crippen LogP contribution < -0.4 is 11.1 Å². The van der Waals surface area contributed by atoms with Crippen LogP contribution in [0.2, 0.25) is 0 Å². The van der Waals surface area contributed by atoms with Crippen LogP contribution >= 0.6 is 0 Å². The minimum Gasteiger partial charge on any atom is -0.343 e. The molecule has 2 atom stereocenters. The molecule has 0 aliphatic rings. The Labute approximate surface area is 120 Å². The van der Waals surface area contributed by atoms with Crippen LogP contribution in [-0.4, -0.2) is 35.8 Å². The molecule has 5 nitrogen and oxygen atoms in total. The van der Waals surface area contributed by atoms with Gasteiger partial charge in [-0.3, -0.25) is 9.59 Å². The molecule has 0 saturated carbocycles. The SMILES string of the molecule is CCN(CC)C(=O)C(C)NC(=O)C(N)c1ccccc1. The standard InChI is InChI=1S/C15H23N3O2/c1-4-18(5-2)15(20)11(3)17-14(19)13(16)12-9-7-6-8-10-12/h6-11,13H,4-5,16H2,1-3H3,(H,17,19). The molecule has 0 radical (unpaired) electrons. The summed E-state index contributed by atoms with van der Waals surface area (Å²) in [6.07, 6.45) is 0. The van der Waals surface area contributed by atoms with Crippen molar-refractivity contribution < 1.29 is 9.59 Å². The van der Waals surface area contributed by atoms with Gasteiger partial charge in [-0.15, -0.1) is 0 Å². The maximum absolute atomic E-state index is 12.1. The Bertz CT molecular complexity index is 444. The van der Waals surface area contributed by atoms with E-state index in [9.17, 15) is 9.59 Å². The zero-order chi connectivity index (χ0) is 15.1. The molecule has 0 aliphatic carbocycles. The Morgan fingerprint density at radius 2 is 1.75 bits per heavy atom. The Hall–Kier alpha value is -1.88. The molecule has 0 heterocycles. The van der Waals surface area contributed by atoms with Crippen LogP contribution in [0.5, 0.6) is 0 Å². The highest BCUT2D eigenvalue weighted by Crippen LogP contribution is 2.09. The minimum absolute atomic E-state index is 0.0939. The third-order valence-electron chi connectivity index (χ3n) is 3.25. The highest BCUT2D eigenvalue weighted by molar-refractivity contribution is 5.90. The van der Waals surface area contributed by atoms with Gasteiger partial charge in [-0.2, -0.15) is 0 Å². The van der Waals surface area contributed by atoms with Crippen molar-refractivity contribution in [3.63, 3.8) is 0 Å². The van der Waals surface area contributed by atoms with Crippen molar-refractivity contribution in [2.24, 2.45) is 5.73 Å². The number of rotatable bonds is 6. The lowest BCUT2D eigenvalue weighted by Crippen LogP contribution is -2.49. The summed E-state index contributed by atoms with van der Waals surface area (Å²) in [4.78, 5) is 25.8. The van der Waals surface area contributed by atoms with Gasteiger partial charge in [0.2, 0.25) is 11.8 Å². The van der Waals surface area contributed by atoms with Crippen molar-refractivity contribution in [2.75, 3.05) is 13.1 Å². The average Bonchev–Trinajstić information content (AvgIpc) is 2.48. The maximum Gasteiger partial charge on any atom is 0.244 e. The van der Waals surface area contributed by atoms with Crippen molar-refractivity contribution in [3.8, 4) is 0 Å². The van der Waals surface area contributed by atoms with Crippen LogP contribution in [-0.2, 0) is 9.59 Å². The van der Waals surface area contributed by atoms with Crippen LogP contribution in [0.4, 0.5) is 0 Å². The molecule has 2 unspecified atom stereocenters. The lowest BCUT2D eigenvalue weighted by atomic mass is 10.1. The Kier molecular flexibility index (Phi) is 6.18. The quantitative estimate of drug-likeness (QED) is 0.816. The van der Waals surface area contributed by atoms with Gasteiger partial charge in [-0.25, -0.2) is 0 Å². The van der Waals surface area contributed by atoms with Crippen molar-refractivity contribution in [1.29, 1.82) is 0 Å². The van der Waals surface area contributed by atoms with Crippen LogP contribution in [0.25, 0.3) is 0 Å². The van der Waals surface area contributed by atoms with Crippen LogP contribution in [0.3, 0.4) is 0 Å². The van der Waals surface area contributed by atoms with Crippen LogP contribution in [0.15, 0.2) is 30.3 Å². The van der Waals surface area contributed by atoms with E-state index >= 15 is 0 Å². The smallest absolute Gasteiger partial charge is 0.244 e. The predicted octanol–water partition coefficient (Wildman–Crippen LogP) is 1.06. The van der Waals surface area contributed by atoms with E-state index in [0.717, 1.165) is 5.56 Å². The number of nitrogens with one attached hydrogen (secondary N) is 1. The summed E-state index contributed by atoms with van der Waals surface area (Å²) in [5.74, 6) is -0.437. The second-order valence-electron chi connectivity index (χ2n) is 4.63. The lowest BCUT2D eigenvalue weighted by molar-refractivity contribution is -0.136. The van der Waals surface area contributed by atoms with Gasteiger partial charge in [0.15, 0.2) is 0 Å². The number of benzene rings is 1. The molecule has 0 saturated heterocycles. The first kappa shape index (κ1) is 16.2. The van der Waals surface area contributed by atoms with Crippen molar-refractivity contribution in [1.82, 2.24) is 10.2 Å². The number of carbonyl (C=O) groups is 2. The van der Waals surface area contributed by atoms with E-state index in [1.165, 1.54) is 0 Å². The summed E-state index contributed by atoms with van der Waals surface area (Å²) >= 11 is 0. The normalized spacial score (nSPS) is 13.4. The second-order valence-corrected chi connectivity index (χ2v) is 4.63. The molecule has 20 heavy (non-hydrogen) atoms. The molecule has 0 aliphatic heterocycles. The molecule has 1 rings (SSSR count). The number of amides is 2. The topological polar surface area (TPSA) is 75.4 Å². The molecule has 0 bridgehead atoms. The number of carbonyl (C=O) groups excluding carboxylic acids is 2. The summed E-state index contributed by atoms with van der Waals surface area (Å²) in [6, 6.07) is 7.77. The zero-order valence-electron chi connectivity index (χ0n) is 12.3. The van der Waals surface area contributed by atoms with E-state index < -0.39 is 12.1 Å². The molecule has 1 aromatic carbocycles. The van der Waals surface area contributed by atoms with E-state index in [0.29, 0.717) is 13.1 Å². The summed E-state index contributed by atoms with van der Waals surface area (Å²) < 4.78 is 0. The number of hydrogen-bond donors (Lipinski definition) is 2. The number of nitrogens with zero attached hydrogens (tertiary/aromatic N) is 1. The molecular weight excluding hydrogens is 254 g/mol. The average molecular weight is 277 g/mol. The number of likely N-dealkylation sites (N-methyl/N-ethyl adjacent to an activating group) is 1. The van der Waals surface area contributed by atoms with Gasteiger partial charge in [0.25, 0.3) is 0 Å². The van der Waals surface area contributed by atoms with Gasteiger partial charge in [0.1, 0.15) is 12.1 Å². The van der Waals surface area contributed by atoms with Gasteiger partial charge in [0.05, 0.1) is 0 Å². The molecule has 0 spiro atoms. The third-order valence-corrected chi connectivity index (χ3v) is 3.25. The Morgan fingerprint density at radius 3 is 2.25 bits per heavy atom. The first-order valence-electron chi connectivity index (χ1n) is 6.90. The third kappa shape index (κ3) is 4.06. The van der Waals surface area contributed by atoms with E-state index in [1.54, 1.807) is 24.0 Å². The van der Waals surface area contributed by atoms with Crippen molar-refractivity contribution >= 4 is 11.8 Å². The minimum atomic E-state index is -0.761. The molecule has 2 amide bonds. The Balaban J connectivity index is 2.64. The molecule has 5 heteroatoms. The summed E-state index contributed by atoms with van der Waals surface area (Å²) in [6.45, 7) is 6.74. The lowest BCUT2D eigenvalue weighted by Gasteiger charge is -2.24. The fourth-order valence-electron chi connectivity index (χ4n) is 1.99. The highest BCUT2D eigenvalue weighted by atomic mass is 16.2. The first-order valence-corrected chi connectivity index (χ1v) is 6.90. The van der Waals surface area contributed by atoms with Crippen molar-refractivity contribution in [3.05, 3.63) is 35.9 Å². The number of hydrogen-bond acceptors (Lipinski definition) is 3. The first-order chi connectivity index (χ1) is 9.51. The molecule has 1 aromatic rings. The van der Waals surface area contributed by atoms with Crippen LogP contribution in [0, 0.1) is 0 Å². The van der Waals surface area contributed by atoms with Gasteiger partial charge in [-0.05, 0) is 26.3 Å². The van der Waals surface area contributed by atoms with Gasteiger partial charge < -0.3 is 16.0 Å². The summed E-state index contributed by atoms with van der Waals surface area (Å²) in [5, 5.41) is 2.67. The Morgan fingerprint density at radius 1 is 1.20 bits per heavy atom. The van der Waals surface area contributed by atoms with E-state index in [4.69, 9.17) is 5.73 Å². The predicted molar refractivity (Wildman–Crippen MR) is 78.9 cm³/mol. The monoisotopic (exact) mass is 277 g/mol.